The van der Waals surface area contributed by atoms with Crippen LogP contribution in [0.2, 0.25) is 5.02 Å². The van der Waals surface area contributed by atoms with Crippen molar-refractivity contribution in [3.05, 3.63) is 28.3 Å². The average Bonchev–Trinajstić information content (AvgIpc) is 2.65. The number of benzene rings is 1. The van der Waals surface area contributed by atoms with E-state index in [9.17, 15) is 10.2 Å². The zero-order chi connectivity index (χ0) is 9.64. The van der Waals surface area contributed by atoms with Gasteiger partial charge in [-0.3, -0.25) is 0 Å². The molecule has 1 aromatic carbocycles. The number of hydrogen-bond donors (Lipinski definition) is 2. The van der Waals surface area contributed by atoms with Crippen LogP contribution < -0.4 is 0 Å². The minimum Gasteiger partial charge on any atom is -0.507 e. The van der Waals surface area contributed by atoms with E-state index in [2.05, 4.69) is 0 Å². The van der Waals surface area contributed by atoms with Crippen molar-refractivity contribution in [2.45, 2.75) is 25.4 Å². The first kappa shape index (κ1) is 8.85. The number of aliphatic hydroxyl groups is 1. The second kappa shape index (κ2) is 2.63. The number of hydrogen-bond acceptors (Lipinski definition) is 2. The molecule has 0 atom stereocenters. The van der Waals surface area contributed by atoms with Crippen molar-refractivity contribution in [2.75, 3.05) is 0 Å². The first-order valence-corrected chi connectivity index (χ1v) is 4.63. The van der Waals surface area contributed by atoms with E-state index in [0.717, 1.165) is 5.56 Å². The van der Waals surface area contributed by atoms with Crippen molar-refractivity contribution in [3.8, 4) is 5.75 Å². The van der Waals surface area contributed by atoms with E-state index in [1.165, 1.54) is 0 Å². The van der Waals surface area contributed by atoms with Crippen molar-refractivity contribution in [1.82, 2.24) is 0 Å². The molecule has 2 N–H and O–H groups in total. The highest BCUT2D eigenvalue weighted by Crippen LogP contribution is 2.51. The van der Waals surface area contributed by atoms with Crippen LogP contribution in [0.4, 0.5) is 0 Å². The van der Waals surface area contributed by atoms with E-state index in [4.69, 9.17) is 11.6 Å². The number of phenolic OH excluding ortho intramolecular Hbond substituents is 1. The Kier molecular flexibility index (Phi) is 1.79. The standard InChI is InChI=1S/C10H11ClO2/c1-6-4-7(11)9(8(12)5-6)10(13)2-3-10/h4-5,12-13H,2-3H2,1H3. The lowest BCUT2D eigenvalue weighted by atomic mass is 10.0. The Hall–Kier alpha value is -0.730. The fourth-order valence-corrected chi connectivity index (χ4v) is 2.00. The Balaban J connectivity index is 2.57. The smallest absolute Gasteiger partial charge is 0.123 e. The molecule has 1 aliphatic rings. The number of aryl methyl sites for hydroxylation is 1. The summed E-state index contributed by atoms with van der Waals surface area (Å²) in [5, 5.41) is 19.9. The van der Waals surface area contributed by atoms with E-state index in [0.29, 0.717) is 23.4 Å². The topological polar surface area (TPSA) is 40.5 Å². The molecule has 1 aromatic rings. The minimum atomic E-state index is -0.866. The van der Waals surface area contributed by atoms with Crippen molar-refractivity contribution in [2.24, 2.45) is 0 Å². The summed E-state index contributed by atoms with van der Waals surface area (Å²) in [5.41, 5.74) is 0.518. The highest BCUT2D eigenvalue weighted by atomic mass is 35.5. The van der Waals surface area contributed by atoms with Crippen LogP contribution in [-0.4, -0.2) is 10.2 Å². The van der Waals surface area contributed by atoms with Gasteiger partial charge in [0.1, 0.15) is 5.75 Å². The molecule has 0 bridgehead atoms. The molecule has 70 valence electrons. The molecule has 0 saturated heterocycles. The number of aromatic hydroxyl groups is 1. The van der Waals surface area contributed by atoms with Gasteiger partial charge in [0.15, 0.2) is 0 Å². The van der Waals surface area contributed by atoms with E-state index in [-0.39, 0.29) is 5.75 Å². The Labute approximate surface area is 81.8 Å². The first-order valence-electron chi connectivity index (χ1n) is 4.25. The monoisotopic (exact) mass is 198 g/mol. The van der Waals surface area contributed by atoms with Crippen LogP contribution in [0.25, 0.3) is 0 Å². The van der Waals surface area contributed by atoms with Gasteiger partial charge in [-0.05, 0) is 37.5 Å². The molecule has 1 fully saturated rings. The lowest BCUT2D eigenvalue weighted by Gasteiger charge is -2.13. The summed E-state index contributed by atoms with van der Waals surface area (Å²) >= 11 is 5.94. The van der Waals surface area contributed by atoms with Crippen LogP contribution in [0.15, 0.2) is 12.1 Å². The van der Waals surface area contributed by atoms with Crippen LogP contribution in [0.5, 0.6) is 5.75 Å². The second-order valence-corrected chi connectivity index (χ2v) is 4.08. The van der Waals surface area contributed by atoms with Gasteiger partial charge in [-0.25, -0.2) is 0 Å². The summed E-state index contributed by atoms with van der Waals surface area (Å²) in [6, 6.07) is 3.38. The maximum Gasteiger partial charge on any atom is 0.123 e. The Bertz CT molecular complexity index is 333. The summed E-state index contributed by atoms with van der Waals surface area (Å²) < 4.78 is 0. The molecule has 2 rings (SSSR count). The van der Waals surface area contributed by atoms with Crippen LogP contribution in [0.1, 0.15) is 24.0 Å². The summed E-state index contributed by atoms with van der Waals surface area (Å²) in [6.07, 6.45) is 1.37. The van der Waals surface area contributed by atoms with E-state index in [1.54, 1.807) is 12.1 Å². The molecule has 0 aliphatic heterocycles. The molecule has 0 aromatic heterocycles. The van der Waals surface area contributed by atoms with Crippen molar-refractivity contribution in [1.29, 1.82) is 0 Å². The minimum absolute atomic E-state index is 0.102. The van der Waals surface area contributed by atoms with Crippen LogP contribution >= 0.6 is 11.6 Å². The predicted molar refractivity (Wildman–Crippen MR) is 51.0 cm³/mol. The maximum atomic E-state index is 9.81. The zero-order valence-electron chi connectivity index (χ0n) is 7.34. The van der Waals surface area contributed by atoms with Gasteiger partial charge in [0.25, 0.3) is 0 Å². The molecular formula is C10H11ClO2. The molecule has 3 heteroatoms. The maximum absolute atomic E-state index is 9.81. The second-order valence-electron chi connectivity index (χ2n) is 3.67. The normalized spacial score (nSPS) is 18.7. The summed E-state index contributed by atoms with van der Waals surface area (Å²) in [4.78, 5) is 0. The summed E-state index contributed by atoms with van der Waals surface area (Å²) in [7, 11) is 0. The predicted octanol–water partition coefficient (Wildman–Crippen LogP) is 2.34. The SMILES string of the molecule is Cc1cc(O)c(C2(O)CC2)c(Cl)c1. The molecule has 1 saturated carbocycles. The van der Waals surface area contributed by atoms with E-state index >= 15 is 0 Å². The Morgan fingerprint density at radius 2 is 2.00 bits per heavy atom. The lowest BCUT2D eigenvalue weighted by molar-refractivity contribution is 0.148. The molecule has 1 aliphatic carbocycles. The molecule has 0 radical (unpaired) electrons. The molecule has 0 spiro atoms. The van der Waals surface area contributed by atoms with Gasteiger partial charge in [0.2, 0.25) is 0 Å². The molecule has 2 nitrogen and oxygen atoms in total. The lowest BCUT2D eigenvalue weighted by Crippen LogP contribution is -2.05. The van der Waals surface area contributed by atoms with Crippen LogP contribution in [-0.2, 0) is 5.60 Å². The quantitative estimate of drug-likeness (QED) is 0.727. The number of rotatable bonds is 1. The van der Waals surface area contributed by atoms with Crippen molar-refractivity contribution in [3.63, 3.8) is 0 Å². The molecule has 0 unspecified atom stereocenters. The Morgan fingerprint density at radius 1 is 1.38 bits per heavy atom. The number of phenols is 1. The molecule has 0 amide bonds. The fraction of sp³-hybridized carbons (Fsp3) is 0.400. The van der Waals surface area contributed by atoms with Gasteiger partial charge in [0.05, 0.1) is 10.6 Å². The third-order valence-electron chi connectivity index (χ3n) is 2.40. The van der Waals surface area contributed by atoms with Gasteiger partial charge >= 0.3 is 0 Å². The zero-order valence-corrected chi connectivity index (χ0v) is 8.10. The van der Waals surface area contributed by atoms with Crippen LogP contribution in [0.3, 0.4) is 0 Å². The van der Waals surface area contributed by atoms with Gasteiger partial charge in [0, 0.05) is 5.56 Å². The van der Waals surface area contributed by atoms with Crippen LogP contribution in [0, 0.1) is 6.92 Å². The van der Waals surface area contributed by atoms with Gasteiger partial charge in [-0.2, -0.15) is 0 Å². The molecule has 13 heavy (non-hydrogen) atoms. The third kappa shape index (κ3) is 1.40. The van der Waals surface area contributed by atoms with E-state index in [1.807, 2.05) is 6.92 Å². The van der Waals surface area contributed by atoms with Crippen molar-refractivity contribution < 1.29 is 10.2 Å². The largest absolute Gasteiger partial charge is 0.507 e. The first-order chi connectivity index (χ1) is 6.03. The van der Waals surface area contributed by atoms with Gasteiger partial charge < -0.3 is 10.2 Å². The highest BCUT2D eigenvalue weighted by molar-refractivity contribution is 6.31. The third-order valence-corrected chi connectivity index (χ3v) is 2.70. The fourth-order valence-electron chi connectivity index (χ4n) is 1.55. The molecular weight excluding hydrogens is 188 g/mol. The van der Waals surface area contributed by atoms with E-state index < -0.39 is 5.60 Å². The van der Waals surface area contributed by atoms with Gasteiger partial charge in [-0.15, -0.1) is 0 Å². The summed E-state index contributed by atoms with van der Waals surface area (Å²) in [5.74, 6) is 0.102. The average molecular weight is 199 g/mol. The Morgan fingerprint density at radius 3 is 2.46 bits per heavy atom. The van der Waals surface area contributed by atoms with Crippen molar-refractivity contribution >= 4 is 11.6 Å². The summed E-state index contributed by atoms with van der Waals surface area (Å²) in [6.45, 7) is 1.85. The molecule has 0 heterocycles. The van der Waals surface area contributed by atoms with Gasteiger partial charge in [-0.1, -0.05) is 11.6 Å². The highest BCUT2D eigenvalue weighted by Gasteiger charge is 2.45. The number of halogens is 1.